The van der Waals surface area contributed by atoms with Gasteiger partial charge in [-0.2, -0.15) is 0 Å². The lowest BCUT2D eigenvalue weighted by molar-refractivity contribution is 0.0440. The summed E-state index contributed by atoms with van der Waals surface area (Å²) >= 11 is 0. The summed E-state index contributed by atoms with van der Waals surface area (Å²) in [6, 6.07) is 7.92. The highest BCUT2D eigenvalue weighted by atomic mass is 16.5. The van der Waals surface area contributed by atoms with Gasteiger partial charge in [-0.05, 0) is 50.9 Å². The van der Waals surface area contributed by atoms with E-state index in [-0.39, 0.29) is 0 Å². The minimum atomic E-state index is -0.440. The molecule has 1 fully saturated rings. The van der Waals surface area contributed by atoms with E-state index in [1.807, 2.05) is 31.2 Å². The lowest BCUT2D eigenvalue weighted by atomic mass is 9.97. The Kier molecular flexibility index (Phi) is 6.49. The van der Waals surface area contributed by atoms with Gasteiger partial charge in [-0.1, -0.05) is 17.7 Å². The number of rotatable bonds is 7. The van der Waals surface area contributed by atoms with Crippen LogP contribution in [0.1, 0.15) is 18.4 Å². The maximum atomic E-state index is 10.1. The molecule has 1 aliphatic heterocycles. The number of piperidine rings is 1. The van der Waals surface area contributed by atoms with Crippen LogP contribution >= 0.6 is 0 Å². The number of likely N-dealkylation sites (tertiary alicyclic amines) is 1. The van der Waals surface area contributed by atoms with E-state index < -0.39 is 6.10 Å². The molecule has 4 heteroatoms. The number of hydrogen-bond acceptors (Lipinski definition) is 4. The van der Waals surface area contributed by atoms with Crippen LogP contribution in [-0.4, -0.2) is 56.1 Å². The van der Waals surface area contributed by atoms with Gasteiger partial charge >= 0.3 is 0 Å². The van der Waals surface area contributed by atoms with Gasteiger partial charge in [-0.15, -0.1) is 0 Å². The number of aryl methyl sites for hydroxylation is 1. The molecule has 0 aromatic heterocycles. The number of aliphatic hydroxyl groups excluding tert-OH is 1. The second-order valence-electron chi connectivity index (χ2n) is 5.98. The number of ether oxygens (including phenoxy) is 2. The van der Waals surface area contributed by atoms with Gasteiger partial charge in [0.1, 0.15) is 18.5 Å². The van der Waals surface area contributed by atoms with Crippen LogP contribution in [0.25, 0.3) is 0 Å². The predicted molar refractivity (Wildman–Crippen MR) is 83.7 cm³/mol. The molecule has 1 aliphatic rings. The minimum absolute atomic E-state index is 0.348. The van der Waals surface area contributed by atoms with Gasteiger partial charge in [0, 0.05) is 20.3 Å². The molecule has 0 radical (unpaired) electrons. The quantitative estimate of drug-likeness (QED) is 0.836. The molecule has 21 heavy (non-hydrogen) atoms. The van der Waals surface area contributed by atoms with Crippen molar-refractivity contribution in [3.63, 3.8) is 0 Å². The molecule has 118 valence electrons. The molecule has 1 unspecified atom stereocenters. The zero-order chi connectivity index (χ0) is 15.1. The van der Waals surface area contributed by atoms with Crippen molar-refractivity contribution in [1.29, 1.82) is 0 Å². The average molecular weight is 293 g/mol. The molecule has 2 rings (SSSR count). The van der Waals surface area contributed by atoms with Crippen molar-refractivity contribution in [1.82, 2.24) is 4.90 Å². The van der Waals surface area contributed by atoms with Gasteiger partial charge in [0.15, 0.2) is 0 Å². The van der Waals surface area contributed by atoms with Crippen LogP contribution in [0.15, 0.2) is 24.3 Å². The Labute approximate surface area is 127 Å². The third-order valence-corrected chi connectivity index (χ3v) is 4.04. The second-order valence-corrected chi connectivity index (χ2v) is 5.98. The van der Waals surface area contributed by atoms with Crippen LogP contribution in [0.5, 0.6) is 5.75 Å². The molecule has 1 heterocycles. The van der Waals surface area contributed by atoms with E-state index in [1.165, 1.54) is 5.56 Å². The van der Waals surface area contributed by atoms with Crippen LogP contribution in [0.2, 0.25) is 0 Å². The third-order valence-electron chi connectivity index (χ3n) is 4.04. The highest BCUT2D eigenvalue weighted by Crippen LogP contribution is 2.17. The SMILES string of the molecule is COCC1CCN(CC(O)COc2ccc(C)cc2)CC1. The Bertz CT molecular complexity index is 399. The summed E-state index contributed by atoms with van der Waals surface area (Å²) in [7, 11) is 1.76. The first-order chi connectivity index (χ1) is 10.2. The second kappa shape index (κ2) is 8.37. The molecule has 0 amide bonds. The Balaban J connectivity index is 1.65. The number of aliphatic hydroxyl groups is 1. The van der Waals surface area contributed by atoms with Gasteiger partial charge < -0.3 is 19.5 Å². The zero-order valence-electron chi connectivity index (χ0n) is 13.1. The van der Waals surface area contributed by atoms with Crippen molar-refractivity contribution in [2.24, 2.45) is 5.92 Å². The summed E-state index contributed by atoms with van der Waals surface area (Å²) in [5.41, 5.74) is 1.21. The highest BCUT2D eigenvalue weighted by molar-refractivity contribution is 5.26. The Hall–Kier alpha value is -1.10. The minimum Gasteiger partial charge on any atom is -0.491 e. The standard InChI is InChI=1S/C17H27NO3/c1-14-3-5-17(6-4-14)21-13-16(19)11-18-9-7-15(8-10-18)12-20-2/h3-6,15-16,19H,7-13H2,1-2H3. The zero-order valence-corrected chi connectivity index (χ0v) is 13.1. The van der Waals surface area contributed by atoms with Crippen LogP contribution in [0, 0.1) is 12.8 Å². The van der Waals surface area contributed by atoms with E-state index in [2.05, 4.69) is 4.90 Å². The van der Waals surface area contributed by atoms with Gasteiger partial charge in [-0.3, -0.25) is 0 Å². The Morgan fingerprint density at radius 2 is 1.90 bits per heavy atom. The van der Waals surface area contributed by atoms with Gasteiger partial charge in [-0.25, -0.2) is 0 Å². The van der Waals surface area contributed by atoms with Crippen LogP contribution in [0.3, 0.4) is 0 Å². The van der Waals surface area contributed by atoms with E-state index in [0.717, 1.165) is 38.3 Å². The van der Waals surface area contributed by atoms with Gasteiger partial charge in [0.2, 0.25) is 0 Å². The molecule has 0 aliphatic carbocycles. The van der Waals surface area contributed by atoms with E-state index in [0.29, 0.717) is 19.1 Å². The van der Waals surface area contributed by atoms with E-state index in [9.17, 15) is 5.11 Å². The predicted octanol–water partition coefficient (Wildman–Crippen LogP) is 2.09. The van der Waals surface area contributed by atoms with Crippen LogP contribution < -0.4 is 4.74 Å². The van der Waals surface area contributed by atoms with E-state index in [4.69, 9.17) is 9.47 Å². The molecule has 1 aromatic carbocycles. The van der Waals surface area contributed by atoms with Crippen molar-refractivity contribution in [3.05, 3.63) is 29.8 Å². The molecule has 0 bridgehead atoms. The first kappa shape index (κ1) is 16.3. The van der Waals surface area contributed by atoms with Gasteiger partial charge in [0.25, 0.3) is 0 Å². The summed E-state index contributed by atoms with van der Waals surface area (Å²) in [6.07, 6.45) is 1.86. The fourth-order valence-corrected chi connectivity index (χ4v) is 2.75. The summed E-state index contributed by atoms with van der Waals surface area (Å²) in [4.78, 5) is 2.31. The molecule has 1 N–H and O–H groups in total. The summed E-state index contributed by atoms with van der Waals surface area (Å²) in [5.74, 6) is 1.49. The smallest absolute Gasteiger partial charge is 0.119 e. The molecule has 1 aromatic rings. The number of nitrogens with zero attached hydrogens (tertiary/aromatic N) is 1. The molecule has 0 saturated carbocycles. The van der Waals surface area contributed by atoms with Crippen molar-refractivity contribution in [3.8, 4) is 5.75 Å². The van der Waals surface area contributed by atoms with Gasteiger partial charge in [0.05, 0.1) is 0 Å². The number of benzene rings is 1. The maximum Gasteiger partial charge on any atom is 0.119 e. The molecule has 0 spiro atoms. The maximum absolute atomic E-state index is 10.1. The van der Waals surface area contributed by atoms with Crippen molar-refractivity contribution < 1.29 is 14.6 Å². The third kappa shape index (κ3) is 5.65. The normalized spacial score (nSPS) is 18.6. The first-order valence-electron chi connectivity index (χ1n) is 7.76. The lowest BCUT2D eigenvalue weighted by Crippen LogP contribution is -2.41. The Morgan fingerprint density at radius 1 is 1.24 bits per heavy atom. The molecular weight excluding hydrogens is 266 g/mol. The van der Waals surface area contributed by atoms with E-state index >= 15 is 0 Å². The monoisotopic (exact) mass is 293 g/mol. The molecule has 1 atom stereocenters. The fraction of sp³-hybridized carbons (Fsp3) is 0.647. The summed E-state index contributed by atoms with van der Waals surface area (Å²) < 4.78 is 10.8. The Morgan fingerprint density at radius 3 is 2.52 bits per heavy atom. The summed E-state index contributed by atoms with van der Waals surface area (Å²) in [5, 5.41) is 10.1. The van der Waals surface area contributed by atoms with Crippen LogP contribution in [-0.2, 0) is 4.74 Å². The molecule has 1 saturated heterocycles. The molecular formula is C17H27NO3. The lowest BCUT2D eigenvalue weighted by Gasteiger charge is -2.32. The summed E-state index contributed by atoms with van der Waals surface area (Å²) in [6.45, 7) is 6.01. The van der Waals surface area contributed by atoms with Crippen molar-refractivity contribution in [2.75, 3.05) is 40.0 Å². The van der Waals surface area contributed by atoms with Crippen molar-refractivity contribution in [2.45, 2.75) is 25.9 Å². The topological polar surface area (TPSA) is 41.9 Å². The van der Waals surface area contributed by atoms with Crippen molar-refractivity contribution >= 4 is 0 Å². The molecule has 4 nitrogen and oxygen atoms in total. The average Bonchev–Trinajstić information content (AvgIpc) is 2.49. The fourth-order valence-electron chi connectivity index (χ4n) is 2.75. The number of hydrogen-bond donors (Lipinski definition) is 1. The van der Waals surface area contributed by atoms with E-state index in [1.54, 1.807) is 7.11 Å². The van der Waals surface area contributed by atoms with Crippen LogP contribution in [0.4, 0.5) is 0 Å². The number of β-amino-alcohol motifs (C(OH)–C–C–N with tert-alkyl or cyclic N) is 1. The number of methoxy groups -OCH3 is 1. The highest BCUT2D eigenvalue weighted by Gasteiger charge is 2.21. The largest absolute Gasteiger partial charge is 0.491 e. The first-order valence-corrected chi connectivity index (χ1v) is 7.76.